The van der Waals surface area contributed by atoms with Gasteiger partial charge >= 0.3 is 0 Å². The maximum absolute atomic E-state index is 12.0. The molecule has 4 heteroatoms. The SMILES string of the molecule is CCC(Oc1ccccc1C)C(=O)NCC(C)CO. The number of para-hydroxylation sites is 1. The number of aliphatic hydroxyl groups is 1. The number of hydrogen-bond acceptors (Lipinski definition) is 3. The van der Waals surface area contributed by atoms with Crippen LogP contribution in [-0.2, 0) is 4.79 Å². The Morgan fingerprint density at radius 1 is 1.42 bits per heavy atom. The van der Waals surface area contributed by atoms with Crippen LogP contribution in [0.3, 0.4) is 0 Å². The molecule has 1 amide bonds. The number of hydrogen-bond donors (Lipinski definition) is 2. The minimum atomic E-state index is -0.494. The first kappa shape index (κ1) is 15.5. The van der Waals surface area contributed by atoms with E-state index in [0.29, 0.717) is 13.0 Å². The molecule has 1 rings (SSSR count). The minimum Gasteiger partial charge on any atom is -0.480 e. The van der Waals surface area contributed by atoms with Gasteiger partial charge in [0.05, 0.1) is 0 Å². The van der Waals surface area contributed by atoms with Crippen molar-refractivity contribution in [2.45, 2.75) is 33.3 Å². The van der Waals surface area contributed by atoms with Crippen molar-refractivity contribution >= 4 is 5.91 Å². The van der Waals surface area contributed by atoms with E-state index in [1.165, 1.54) is 0 Å². The molecule has 0 aromatic heterocycles. The molecule has 0 bridgehead atoms. The molecule has 0 radical (unpaired) electrons. The summed E-state index contributed by atoms with van der Waals surface area (Å²) in [4.78, 5) is 12.0. The molecule has 2 N–H and O–H groups in total. The lowest BCUT2D eigenvalue weighted by atomic mass is 10.2. The fourth-order valence-corrected chi connectivity index (χ4v) is 1.62. The molecule has 0 heterocycles. The van der Waals surface area contributed by atoms with Crippen LogP contribution in [-0.4, -0.2) is 30.3 Å². The quantitative estimate of drug-likeness (QED) is 0.791. The molecule has 0 spiro atoms. The second-order valence-electron chi connectivity index (χ2n) is 4.81. The highest BCUT2D eigenvalue weighted by Gasteiger charge is 2.19. The standard InChI is InChI=1S/C15H23NO3/c1-4-13(15(18)16-9-11(2)10-17)19-14-8-6-5-7-12(14)3/h5-8,11,13,17H,4,9-10H2,1-3H3,(H,16,18). The van der Waals surface area contributed by atoms with Gasteiger partial charge in [-0.15, -0.1) is 0 Å². The molecular weight excluding hydrogens is 242 g/mol. The minimum absolute atomic E-state index is 0.0555. The van der Waals surface area contributed by atoms with Crippen molar-refractivity contribution in [3.05, 3.63) is 29.8 Å². The van der Waals surface area contributed by atoms with Gasteiger partial charge in [-0.2, -0.15) is 0 Å². The fourth-order valence-electron chi connectivity index (χ4n) is 1.62. The van der Waals surface area contributed by atoms with Crippen molar-refractivity contribution in [2.75, 3.05) is 13.2 Å². The summed E-state index contributed by atoms with van der Waals surface area (Å²) in [5.74, 6) is 0.658. The third-order valence-corrected chi connectivity index (χ3v) is 2.96. The van der Waals surface area contributed by atoms with Gasteiger partial charge in [0.2, 0.25) is 0 Å². The van der Waals surface area contributed by atoms with Crippen LogP contribution in [0, 0.1) is 12.8 Å². The zero-order chi connectivity index (χ0) is 14.3. The second kappa shape index (κ2) is 7.79. The molecule has 1 aromatic carbocycles. The Morgan fingerprint density at radius 3 is 2.68 bits per heavy atom. The lowest BCUT2D eigenvalue weighted by Gasteiger charge is -2.19. The third kappa shape index (κ3) is 4.91. The number of benzene rings is 1. The molecule has 0 aliphatic carbocycles. The van der Waals surface area contributed by atoms with Crippen molar-refractivity contribution in [3.8, 4) is 5.75 Å². The molecule has 19 heavy (non-hydrogen) atoms. The Kier molecular flexibility index (Phi) is 6.36. The number of nitrogens with one attached hydrogen (secondary N) is 1. The molecule has 4 nitrogen and oxygen atoms in total. The summed E-state index contributed by atoms with van der Waals surface area (Å²) in [5.41, 5.74) is 1.01. The molecule has 106 valence electrons. The van der Waals surface area contributed by atoms with Gasteiger partial charge in [-0.3, -0.25) is 4.79 Å². The number of amides is 1. The monoisotopic (exact) mass is 265 g/mol. The highest BCUT2D eigenvalue weighted by Crippen LogP contribution is 2.18. The highest BCUT2D eigenvalue weighted by atomic mass is 16.5. The topological polar surface area (TPSA) is 58.6 Å². The van der Waals surface area contributed by atoms with Gasteiger partial charge in [0, 0.05) is 13.2 Å². The van der Waals surface area contributed by atoms with E-state index in [1.54, 1.807) is 0 Å². The Bertz CT molecular complexity index is 406. The molecule has 0 fully saturated rings. The van der Waals surface area contributed by atoms with E-state index in [9.17, 15) is 4.79 Å². The molecule has 1 aromatic rings. The molecule has 2 atom stereocenters. The molecular formula is C15H23NO3. The van der Waals surface area contributed by atoms with E-state index in [0.717, 1.165) is 11.3 Å². The lowest BCUT2D eigenvalue weighted by Crippen LogP contribution is -2.40. The Hall–Kier alpha value is -1.55. The second-order valence-corrected chi connectivity index (χ2v) is 4.81. The number of ether oxygens (including phenoxy) is 1. The fraction of sp³-hybridized carbons (Fsp3) is 0.533. The Morgan fingerprint density at radius 2 is 2.11 bits per heavy atom. The summed E-state index contributed by atoms with van der Waals surface area (Å²) in [6, 6.07) is 7.64. The van der Waals surface area contributed by atoms with E-state index in [4.69, 9.17) is 9.84 Å². The molecule has 0 aliphatic rings. The van der Waals surface area contributed by atoms with Crippen molar-refractivity contribution in [1.82, 2.24) is 5.32 Å². The number of carbonyl (C=O) groups excluding carboxylic acids is 1. The Balaban J connectivity index is 2.58. The highest BCUT2D eigenvalue weighted by molar-refractivity contribution is 5.81. The van der Waals surface area contributed by atoms with Crippen LogP contribution in [0.5, 0.6) is 5.75 Å². The van der Waals surface area contributed by atoms with Gasteiger partial charge in [0.1, 0.15) is 5.75 Å². The summed E-state index contributed by atoms with van der Waals surface area (Å²) in [5, 5.41) is 11.7. The predicted molar refractivity (Wildman–Crippen MR) is 75.1 cm³/mol. The van der Waals surface area contributed by atoms with Crippen LogP contribution < -0.4 is 10.1 Å². The first-order chi connectivity index (χ1) is 9.08. The van der Waals surface area contributed by atoms with Gasteiger partial charge in [0.15, 0.2) is 6.10 Å². The van der Waals surface area contributed by atoms with Crippen molar-refractivity contribution in [3.63, 3.8) is 0 Å². The van der Waals surface area contributed by atoms with E-state index in [-0.39, 0.29) is 18.4 Å². The first-order valence-corrected chi connectivity index (χ1v) is 6.69. The lowest BCUT2D eigenvalue weighted by molar-refractivity contribution is -0.128. The third-order valence-electron chi connectivity index (χ3n) is 2.96. The maximum Gasteiger partial charge on any atom is 0.261 e. The zero-order valence-corrected chi connectivity index (χ0v) is 11.8. The zero-order valence-electron chi connectivity index (χ0n) is 11.8. The van der Waals surface area contributed by atoms with Crippen molar-refractivity contribution in [2.24, 2.45) is 5.92 Å². The molecule has 0 saturated heterocycles. The molecule has 0 saturated carbocycles. The largest absolute Gasteiger partial charge is 0.480 e. The van der Waals surface area contributed by atoms with E-state index in [2.05, 4.69) is 5.32 Å². The first-order valence-electron chi connectivity index (χ1n) is 6.69. The maximum atomic E-state index is 12.0. The van der Waals surface area contributed by atoms with Crippen LogP contribution in [0.25, 0.3) is 0 Å². The summed E-state index contributed by atoms with van der Waals surface area (Å²) in [6.07, 6.45) is 0.111. The van der Waals surface area contributed by atoms with Gasteiger partial charge in [-0.25, -0.2) is 0 Å². The number of carbonyl (C=O) groups is 1. The average Bonchev–Trinajstić information content (AvgIpc) is 2.43. The van der Waals surface area contributed by atoms with E-state index in [1.807, 2.05) is 45.0 Å². The normalized spacial score (nSPS) is 13.7. The number of aliphatic hydroxyl groups excluding tert-OH is 1. The molecule has 0 aliphatic heterocycles. The summed E-state index contributed by atoms with van der Waals surface area (Å²) in [7, 11) is 0. The number of aryl methyl sites for hydroxylation is 1. The smallest absolute Gasteiger partial charge is 0.261 e. The average molecular weight is 265 g/mol. The van der Waals surface area contributed by atoms with Crippen LogP contribution in [0.4, 0.5) is 0 Å². The van der Waals surface area contributed by atoms with Crippen LogP contribution >= 0.6 is 0 Å². The van der Waals surface area contributed by atoms with E-state index < -0.39 is 6.10 Å². The van der Waals surface area contributed by atoms with Crippen molar-refractivity contribution < 1.29 is 14.6 Å². The van der Waals surface area contributed by atoms with Crippen molar-refractivity contribution in [1.29, 1.82) is 0 Å². The van der Waals surface area contributed by atoms with Gasteiger partial charge in [-0.1, -0.05) is 32.0 Å². The van der Waals surface area contributed by atoms with E-state index >= 15 is 0 Å². The summed E-state index contributed by atoms with van der Waals surface area (Å²) in [6.45, 7) is 6.27. The number of rotatable bonds is 7. The Labute approximate surface area is 114 Å². The summed E-state index contributed by atoms with van der Waals surface area (Å²) < 4.78 is 5.75. The van der Waals surface area contributed by atoms with Crippen LogP contribution in [0.15, 0.2) is 24.3 Å². The summed E-state index contributed by atoms with van der Waals surface area (Å²) >= 11 is 0. The van der Waals surface area contributed by atoms with Crippen LogP contribution in [0.2, 0.25) is 0 Å². The van der Waals surface area contributed by atoms with Gasteiger partial charge < -0.3 is 15.2 Å². The van der Waals surface area contributed by atoms with Crippen LogP contribution in [0.1, 0.15) is 25.8 Å². The van der Waals surface area contributed by atoms with Gasteiger partial charge in [0.25, 0.3) is 5.91 Å². The molecule has 2 unspecified atom stereocenters. The predicted octanol–water partition coefficient (Wildman–Crippen LogP) is 1.90. The van der Waals surface area contributed by atoms with Gasteiger partial charge in [-0.05, 0) is 30.9 Å².